The molecular formula is C15H16BrNO4S. The molecule has 0 aromatic heterocycles. The fraction of sp³-hybridized carbons (Fsp3) is 0.200. The highest BCUT2D eigenvalue weighted by Crippen LogP contribution is 2.25. The number of nitrogens with one attached hydrogen (secondary N) is 1. The number of hydrogen-bond donors (Lipinski definition) is 2. The van der Waals surface area contributed by atoms with Gasteiger partial charge in [0.1, 0.15) is 5.75 Å². The fourth-order valence-electron chi connectivity index (χ4n) is 1.91. The highest BCUT2D eigenvalue weighted by Gasteiger charge is 2.15. The van der Waals surface area contributed by atoms with Gasteiger partial charge in [-0.2, -0.15) is 0 Å². The summed E-state index contributed by atoms with van der Waals surface area (Å²) in [7, 11) is -3.69. The van der Waals surface area contributed by atoms with Gasteiger partial charge in [0.05, 0.1) is 18.1 Å². The summed E-state index contributed by atoms with van der Waals surface area (Å²) >= 11 is 3.25. The molecule has 22 heavy (non-hydrogen) atoms. The second kappa shape index (κ2) is 7.13. The third-order valence-corrected chi connectivity index (χ3v) is 4.76. The Balaban J connectivity index is 2.30. The molecule has 0 saturated heterocycles. The van der Waals surface area contributed by atoms with Crippen LogP contribution in [0.2, 0.25) is 0 Å². The lowest BCUT2D eigenvalue weighted by atomic mass is 10.2. The summed E-state index contributed by atoms with van der Waals surface area (Å²) in [5.74, 6) is 0.537. The summed E-state index contributed by atoms with van der Waals surface area (Å²) in [6, 6.07) is 11.2. The van der Waals surface area contributed by atoms with Crippen LogP contribution in [0.3, 0.4) is 0 Å². The Labute approximate surface area is 138 Å². The van der Waals surface area contributed by atoms with E-state index < -0.39 is 10.0 Å². The number of anilines is 1. The lowest BCUT2D eigenvalue weighted by Crippen LogP contribution is -2.13. The van der Waals surface area contributed by atoms with Gasteiger partial charge >= 0.3 is 0 Å². The zero-order valence-corrected chi connectivity index (χ0v) is 14.3. The van der Waals surface area contributed by atoms with Gasteiger partial charge in [0.2, 0.25) is 0 Å². The second-order valence-electron chi connectivity index (χ2n) is 4.48. The molecule has 2 N–H and O–H groups in total. The molecule has 7 heteroatoms. The van der Waals surface area contributed by atoms with Gasteiger partial charge in [-0.25, -0.2) is 8.42 Å². The summed E-state index contributed by atoms with van der Waals surface area (Å²) in [5.41, 5.74) is 0.892. The van der Waals surface area contributed by atoms with E-state index in [-0.39, 0.29) is 11.5 Å². The first kappa shape index (κ1) is 16.8. The first-order chi connectivity index (χ1) is 10.5. The summed E-state index contributed by atoms with van der Waals surface area (Å²) in [6.45, 7) is 2.07. The first-order valence-electron chi connectivity index (χ1n) is 6.61. The predicted molar refractivity (Wildman–Crippen MR) is 88.5 cm³/mol. The van der Waals surface area contributed by atoms with E-state index in [0.717, 1.165) is 0 Å². The maximum absolute atomic E-state index is 12.3. The molecule has 0 atom stereocenters. The van der Waals surface area contributed by atoms with Crippen LogP contribution in [0.25, 0.3) is 0 Å². The van der Waals surface area contributed by atoms with Crippen molar-refractivity contribution >= 4 is 31.6 Å². The van der Waals surface area contributed by atoms with Crippen LogP contribution in [0.4, 0.5) is 5.69 Å². The summed E-state index contributed by atoms with van der Waals surface area (Å²) in [5, 5.41) is 9.36. The molecule has 0 bridgehead atoms. The number of aliphatic hydroxyl groups is 1. The third-order valence-electron chi connectivity index (χ3n) is 2.89. The van der Waals surface area contributed by atoms with E-state index >= 15 is 0 Å². The topological polar surface area (TPSA) is 75.6 Å². The fourth-order valence-corrected chi connectivity index (χ4v) is 3.56. The van der Waals surface area contributed by atoms with Crippen molar-refractivity contribution in [3.05, 3.63) is 52.5 Å². The maximum atomic E-state index is 12.3. The molecule has 0 aliphatic carbocycles. The molecule has 0 aliphatic heterocycles. The van der Waals surface area contributed by atoms with Crippen molar-refractivity contribution in [2.75, 3.05) is 11.3 Å². The van der Waals surface area contributed by atoms with Crippen molar-refractivity contribution in [2.24, 2.45) is 0 Å². The number of sulfonamides is 1. The van der Waals surface area contributed by atoms with Gasteiger partial charge in [0.25, 0.3) is 10.0 Å². The van der Waals surface area contributed by atoms with Crippen LogP contribution in [0.1, 0.15) is 12.5 Å². The van der Waals surface area contributed by atoms with Crippen LogP contribution in [-0.4, -0.2) is 20.1 Å². The largest absolute Gasteiger partial charge is 0.494 e. The van der Waals surface area contributed by atoms with E-state index in [2.05, 4.69) is 20.7 Å². The monoisotopic (exact) mass is 385 g/mol. The van der Waals surface area contributed by atoms with Crippen molar-refractivity contribution in [2.45, 2.75) is 18.4 Å². The van der Waals surface area contributed by atoms with Crippen LogP contribution < -0.4 is 9.46 Å². The standard InChI is InChI=1S/C15H16BrNO4S/c1-2-21-15-7-6-13(8-11(15)10-18)17-22(19,20)14-5-3-4-12(16)9-14/h3-9,17-18H,2,10H2,1H3. The Hall–Kier alpha value is -1.57. The van der Waals surface area contributed by atoms with E-state index in [4.69, 9.17) is 4.74 Å². The van der Waals surface area contributed by atoms with E-state index in [1.807, 2.05) is 6.92 Å². The molecule has 2 aromatic carbocycles. The average molecular weight is 386 g/mol. The number of ether oxygens (including phenoxy) is 1. The Bertz CT molecular complexity index is 762. The zero-order chi connectivity index (χ0) is 16.2. The van der Waals surface area contributed by atoms with E-state index in [1.165, 1.54) is 12.1 Å². The van der Waals surface area contributed by atoms with Gasteiger partial charge in [-0.05, 0) is 43.3 Å². The molecule has 0 saturated carbocycles. The average Bonchev–Trinajstić information content (AvgIpc) is 2.48. The molecular weight excluding hydrogens is 370 g/mol. The van der Waals surface area contributed by atoms with Crippen molar-refractivity contribution in [3.8, 4) is 5.75 Å². The second-order valence-corrected chi connectivity index (χ2v) is 7.07. The number of rotatable bonds is 6. The minimum atomic E-state index is -3.69. The van der Waals surface area contributed by atoms with Gasteiger partial charge in [0.15, 0.2) is 0 Å². The first-order valence-corrected chi connectivity index (χ1v) is 8.89. The molecule has 2 rings (SSSR count). The SMILES string of the molecule is CCOc1ccc(NS(=O)(=O)c2cccc(Br)c2)cc1CO. The minimum Gasteiger partial charge on any atom is -0.494 e. The maximum Gasteiger partial charge on any atom is 0.261 e. The van der Waals surface area contributed by atoms with Gasteiger partial charge < -0.3 is 9.84 Å². The highest BCUT2D eigenvalue weighted by molar-refractivity contribution is 9.10. The van der Waals surface area contributed by atoms with Gasteiger partial charge in [-0.1, -0.05) is 22.0 Å². The highest BCUT2D eigenvalue weighted by atomic mass is 79.9. The van der Waals surface area contributed by atoms with Gasteiger partial charge in [-0.15, -0.1) is 0 Å². The van der Waals surface area contributed by atoms with E-state index in [9.17, 15) is 13.5 Å². The quantitative estimate of drug-likeness (QED) is 0.800. The molecule has 118 valence electrons. The number of benzene rings is 2. The van der Waals surface area contributed by atoms with Crippen LogP contribution >= 0.6 is 15.9 Å². The molecule has 2 aromatic rings. The van der Waals surface area contributed by atoms with Gasteiger partial charge in [0, 0.05) is 15.7 Å². The Kier molecular flexibility index (Phi) is 5.44. The Morgan fingerprint density at radius 1 is 1.23 bits per heavy atom. The molecule has 5 nitrogen and oxygen atoms in total. The van der Waals surface area contributed by atoms with Crippen molar-refractivity contribution in [1.29, 1.82) is 0 Å². The van der Waals surface area contributed by atoms with Gasteiger partial charge in [-0.3, -0.25) is 4.72 Å². The van der Waals surface area contributed by atoms with Crippen molar-refractivity contribution in [3.63, 3.8) is 0 Å². The van der Waals surface area contributed by atoms with Crippen LogP contribution in [0.5, 0.6) is 5.75 Å². The normalized spacial score (nSPS) is 11.2. The molecule has 0 heterocycles. The molecule has 0 unspecified atom stereocenters. The Morgan fingerprint density at radius 2 is 2.00 bits per heavy atom. The van der Waals surface area contributed by atoms with E-state index in [1.54, 1.807) is 30.3 Å². The van der Waals surface area contributed by atoms with Crippen molar-refractivity contribution < 1.29 is 18.3 Å². The summed E-state index contributed by atoms with van der Waals surface area (Å²) in [4.78, 5) is 0.154. The van der Waals surface area contributed by atoms with Crippen molar-refractivity contribution in [1.82, 2.24) is 0 Å². The molecule has 0 amide bonds. The number of aliphatic hydroxyl groups excluding tert-OH is 1. The third kappa shape index (κ3) is 4.00. The van der Waals surface area contributed by atoms with Crippen LogP contribution in [0, 0.1) is 0 Å². The molecule has 0 fully saturated rings. The minimum absolute atomic E-state index is 0.154. The predicted octanol–water partition coefficient (Wildman–Crippen LogP) is 3.14. The molecule has 0 spiro atoms. The number of hydrogen-bond acceptors (Lipinski definition) is 4. The number of halogens is 1. The summed E-state index contributed by atoms with van der Waals surface area (Å²) < 4.78 is 33.2. The lowest BCUT2D eigenvalue weighted by Gasteiger charge is -2.12. The molecule has 0 radical (unpaired) electrons. The Morgan fingerprint density at radius 3 is 2.64 bits per heavy atom. The lowest BCUT2D eigenvalue weighted by molar-refractivity contribution is 0.267. The van der Waals surface area contributed by atoms with Crippen LogP contribution in [0.15, 0.2) is 51.8 Å². The molecule has 0 aliphatic rings. The van der Waals surface area contributed by atoms with Crippen LogP contribution in [-0.2, 0) is 16.6 Å². The zero-order valence-electron chi connectivity index (χ0n) is 11.9. The van der Waals surface area contributed by atoms with E-state index in [0.29, 0.717) is 28.1 Å². The summed E-state index contributed by atoms with van der Waals surface area (Å²) in [6.07, 6.45) is 0. The smallest absolute Gasteiger partial charge is 0.261 e.